The summed E-state index contributed by atoms with van der Waals surface area (Å²) in [6.07, 6.45) is 1.56. The van der Waals surface area contributed by atoms with Crippen molar-refractivity contribution < 1.29 is 14.3 Å². The van der Waals surface area contributed by atoms with E-state index in [1.165, 1.54) is 23.0 Å². The Morgan fingerprint density at radius 3 is 2.48 bits per heavy atom. The van der Waals surface area contributed by atoms with Gasteiger partial charge in [-0.2, -0.15) is 0 Å². The third-order valence-electron chi connectivity index (χ3n) is 4.85. The summed E-state index contributed by atoms with van der Waals surface area (Å²) in [4.78, 5) is 42.0. The van der Waals surface area contributed by atoms with Crippen LogP contribution in [0.1, 0.15) is 16.1 Å². The number of carbonyl (C=O) groups is 2. The Labute approximate surface area is 181 Å². The van der Waals surface area contributed by atoms with Crippen LogP contribution >= 0.6 is 11.3 Å². The maximum Gasteiger partial charge on any atom is 0.356 e. The summed E-state index contributed by atoms with van der Waals surface area (Å²) >= 11 is 1.26. The van der Waals surface area contributed by atoms with Crippen LogP contribution in [0.5, 0.6) is 0 Å². The zero-order chi connectivity index (χ0) is 22.0. The molecule has 0 atom stereocenters. The van der Waals surface area contributed by atoms with E-state index in [-0.39, 0.29) is 11.3 Å². The monoisotopic (exact) mass is 433 g/mol. The molecule has 0 fully saturated rings. The molecule has 0 aliphatic rings. The number of thiazole rings is 1. The fourth-order valence-corrected chi connectivity index (χ4v) is 3.90. The lowest BCUT2D eigenvalue weighted by Crippen LogP contribution is -2.28. The molecule has 0 aliphatic heterocycles. The lowest BCUT2D eigenvalue weighted by Gasteiger charge is -2.16. The van der Waals surface area contributed by atoms with Gasteiger partial charge in [-0.15, -0.1) is 11.3 Å². The lowest BCUT2D eigenvalue weighted by molar-refractivity contribution is -0.119. The van der Waals surface area contributed by atoms with Gasteiger partial charge in [-0.05, 0) is 23.9 Å². The number of aryl methyl sites for hydroxylation is 1. The smallest absolute Gasteiger partial charge is 0.356 e. The predicted octanol–water partition coefficient (Wildman–Crippen LogP) is 3.77. The number of nitrogens with one attached hydrogen (secondary N) is 1. The number of rotatable bonds is 5. The first-order valence-electron chi connectivity index (χ1n) is 9.51. The molecular formula is C23H19N3O4S. The Morgan fingerprint density at radius 1 is 1.10 bits per heavy atom. The van der Waals surface area contributed by atoms with E-state index in [9.17, 15) is 14.4 Å². The van der Waals surface area contributed by atoms with E-state index in [4.69, 9.17) is 4.74 Å². The molecule has 2 aromatic heterocycles. The molecule has 1 amide bonds. The summed E-state index contributed by atoms with van der Waals surface area (Å²) < 4.78 is 6.55. The van der Waals surface area contributed by atoms with Crippen molar-refractivity contribution in [3.05, 3.63) is 81.7 Å². The number of aromatic nitrogens is 2. The van der Waals surface area contributed by atoms with Gasteiger partial charge < -0.3 is 9.30 Å². The van der Waals surface area contributed by atoms with Gasteiger partial charge >= 0.3 is 5.97 Å². The first kappa shape index (κ1) is 20.5. The molecular weight excluding hydrogens is 414 g/mol. The van der Waals surface area contributed by atoms with Crippen molar-refractivity contribution in [3.8, 4) is 11.1 Å². The van der Waals surface area contributed by atoms with Gasteiger partial charge in [0.2, 0.25) is 0 Å². The Morgan fingerprint density at radius 2 is 1.81 bits per heavy atom. The number of esters is 1. The largest absolute Gasteiger partial charge is 0.451 e. The maximum absolute atomic E-state index is 13.1. The molecule has 0 bridgehead atoms. The van der Waals surface area contributed by atoms with E-state index in [2.05, 4.69) is 10.3 Å². The van der Waals surface area contributed by atoms with Gasteiger partial charge in [-0.25, -0.2) is 9.78 Å². The lowest BCUT2D eigenvalue weighted by atomic mass is 9.96. The topological polar surface area (TPSA) is 90.3 Å². The minimum absolute atomic E-state index is 0.0922. The molecule has 0 aliphatic carbocycles. The predicted molar refractivity (Wildman–Crippen MR) is 120 cm³/mol. The molecule has 1 N–H and O–H groups in total. The number of amides is 1. The number of ether oxygens (including phenoxy) is 1. The average Bonchev–Trinajstić information content (AvgIpc) is 3.28. The molecule has 0 spiro atoms. The van der Waals surface area contributed by atoms with Crippen molar-refractivity contribution in [3.63, 3.8) is 0 Å². The molecule has 0 saturated heterocycles. The first-order valence-corrected chi connectivity index (χ1v) is 10.4. The van der Waals surface area contributed by atoms with E-state index >= 15 is 0 Å². The molecule has 4 rings (SSSR count). The highest BCUT2D eigenvalue weighted by Crippen LogP contribution is 2.31. The van der Waals surface area contributed by atoms with Crippen molar-refractivity contribution in [2.75, 3.05) is 11.9 Å². The van der Waals surface area contributed by atoms with Crippen LogP contribution in [0.15, 0.2) is 64.9 Å². The van der Waals surface area contributed by atoms with Crippen LogP contribution in [-0.2, 0) is 16.6 Å². The molecule has 156 valence electrons. The van der Waals surface area contributed by atoms with Crippen molar-refractivity contribution in [2.45, 2.75) is 6.92 Å². The number of anilines is 1. The highest BCUT2D eigenvalue weighted by Gasteiger charge is 2.23. The molecule has 4 aromatic rings. The Bertz CT molecular complexity index is 1330. The summed E-state index contributed by atoms with van der Waals surface area (Å²) in [5.41, 5.74) is 2.21. The van der Waals surface area contributed by atoms with Gasteiger partial charge in [-0.3, -0.25) is 14.9 Å². The summed E-state index contributed by atoms with van der Waals surface area (Å²) in [5.74, 6) is -1.26. The summed E-state index contributed by atoms with van der Waals surface area (Å²) in [5, 5.41) is 5.84. The molecule has 7 nitrogen and oxygen atoms in total. The third-order valence-corrected chi connectivity index (χ3v) is 5.54. The SMILES string of the molecule is Cc1ccc(-c2c(C(=O)OCC(=O)Nc3nccs3)n(C)c(=O)c3ccccc23)cc1. The van der Waals surface area contributed by atoms with Crippen molar-refractivity contribution in [2.24, 2.45) is 7.05 Å². The van der Waals surface area contributed by atoms with Crippen molar-refractivity contribution >= 4 is 39.1 Å². The van der Waals surface area contributed by atoms with Crippen LogP contribution in [0.25, 0.3) is 21.9 Å². The maximum atomic E-state index is 13.1. The van der Waals surface area contributed by atoms with E-state index in [1.807, 2.05) is 37.3 Å². The fourth-order valence-electron chi connectivity index (χ4n) is 3.36. The van der Waals surface area contributed by atoms with Crippen LogP contribution in [0, 0.1) is 6.92 Å². The normalized spacial score (nSPS) is 10.8. The average molecular weight is 433 g/mol. The molecule has 0 unspecified atom stereocenters. The highest BCUT2D eigenvalue weighted by atomic mass is 32.1. The minimum atomic E-state index is -0.754. The number of hydrogen-bond acceptors (Lipinski definition) is 6. The van der Waals surface area contributed by atoms with E-state index in [1.54, 1.807) is 29.8 Å². The number of carbonyl (C=O) groups excluding carboxylic acids is 2. The molecule has 31 heavy (non-hydrogen) atoms. The highest BCUT2D eigenvalue weighted by molar-refractivity contribution is 7.13. The van der Waals surface area contributed by atoms with Gasteiger partial charge in [0, 0.05) is 29.6 Å². The van der Waals surface area contributed by atoms with Crippen LogP contribution in [0.4, 0.5) is 5.13 Å². The summed E-state index contributed by atoms with van der Waals surface area (Å²) in [6.45, 7) is 1.48. The zero-order valence-corrected chi connectivity index (χ0v) is 17.7. The van der Waals surface area contributed by atoms with Gasteiger partial charge in [0.1, 0.15) is 5.69 Å². The third kappa shape index (κ3) is 4.10. The standard InChI is InChI=1S/C23H19N3O4S/c1-14-7-9-15(10-8-14)19-16-5-3-4-6-17(16)21(28)26(2)20(19)22(29)30-13-18(27)25-23-24-11-12-31-23/h3-12H,13H2,1-2H3,(H,24,25,27). The second-order valence-electron chi connectivity index (χ2n) is 6.96. The number of benzene rings is 2. The summed E-state index contributed by atoms with van der Waals surface area (Å²) in [7, 11) is 1.53. The molecule has 0 saturated carbocycles. The Hall–Kier alpha value is -3.78. The number of pyridine rings is 1. The van der Waals surface area contributed by atoms with E-state index in [0.717, 1.165) is 11.1 Å². The second kappa shape index (κ2) is 8.53. The van der Waals surface area contributed by atoms with Crippen molar-refractivity contribution in [1.82, 2.24) is 9.55 Å². The number of fused-ring (bicyclic) bond motifs is 1. The number of hydrogen-bond donors (Lipinski definition) is 1. The Kier molecular flexibility index (Phi) is 5.64. The van der Waals surface area contributed by atoms with Crippen LogP contribution in [0.3, 0.4) is 0 Å². The minimum Gasteiger partial charge on any atom is -0.451 e. The molecule has 0 radical (unpaired) electrons. The fraction of sp³-hybridized carbons (Fsp3) is 0.130. The molecule has 2 aromatic carbocycles. The van der Waals surface area contributed by atoms with E-state index < -0.39 is 18.5 Å². The number of nitrogens with zero attached hydrogens (tertiary/aromatic N) is 2. The summed E-state index contributed by atoms with van der Waals surface area (Å²) in [6, 6.07) is 14.8. The van der Waals surface area contributed by atoms with Crippen LogP contribution in [-0.4, -0.2) is 28.0 Å². The second-order valence-corrected chi connectivity index (χ2v) is 7.86. The van der Waals surface area contributed by atoms with Gasteiger partial charge in [0.05, 0.1) is 0 Å². The van der Waals surface area contributed by atoms with Gasteiger partial charge in [-0.1, -0.05) is 48.0 Å². The quantitative estimate of drug-likeness (QED) is 0.484. The van der Waals surface area contributed by atoms with Crippen LogP contribution < -0.4 is 10.9 Å². The van der Waals surface area contributed by atoms with E-state index in [0.29, 0.717) is 21.5 Å². The first-order chi connectivity index (χ1) is 15.0. The zero-order valence-electron chi connectivity index (χ0n) is 16.9. The van der Waals surface area contributed by atoms with Crippen molar-refractivity contribution in [1.29, 1.82) is 0 Å². The van der Waals surface area contributed by atoms with Crippen LogP contribution in [0.2, 0.25) is 0 Å². The molecule has 8 heteroatoms. The van der Waals surface area contributed by atoms with Gasteiger partial charge in [0.15, 0.2) is 11.7 Å². The van der Waals surface area contributed by atoms with Gasteiger partial charge in [0.25, 0.3) is 11.5 Å². The Balaban J connectivity index is 1.75. The molecule has 2 heterocycles.